The van der Waals surface area contributed by atoms with Gasteiger partial charge >= 0.3 is 5.97 Å². The van der Waals surface area contributed by atoms with Gasteiger partial charge in [-0.2, -0.15) is 5.10 Å². The van der Waals surface area contributed by atoms with Crippen molar-refractivity contribution >= 4 is 35.5 Å². The first-order valence-corrected chi connectivity index (χ1v) is 12.5. The fourth-order valence-corrected chi connectivity index (χ4v) is 3.70. The van der Waals surface area contributed by atoms with E-state index in [4.69, 9.17) is 21.4 Å². The van der Waals surface area contributed by atoms with Gasteiger partial charge in [-0.25, -0.2) is 0 Å². The van der Waals surface area contributed by atoms with Gasteiger partial charge in [0, 0.05) is 32.1 Å². The zero-order valence-electron chi connectivity index (χ0n) is 21.9. The number of rotatable bonds is 14. The largest absolute Gasteiger partial charge is 0.495 e. The fourth-order valence-electron chi connectivity index (χ4n) is 3.42. The van der Waals surface area contributed by atoms with Gasteiger partial charge in [0.2, 0.25) is 11.8 Å². The Kier molecular flexibility index (Phi) is 12.0. The standard InChI is InChI=1S/C27H35ClN4O6/c1-17(8-10-20-12-13-30-32(20)3)23(33)6-5-7-25(34)31-22(26(35)29-16-18(2)27(36)37)15-19-9-11-24(38-4)21(28)14-19/h5,7-14,17-18,22-23,33H,6,15-16H2,1-4H3,(H,29,35)(H,31,34)(H,36,37)/b7-5+,10-8+. The van der Waals surface area contributed by atoms with Crippen LogP contribution in [-0.4, -0.2) is 63.6 Å². The van der Waals surface area contributed by atoms with Crippen LogP contribution in [0.15, 0.2) is 48.7 Å². The van der Waals surface area contributed by atoms with Gasteiger partial charge in [-0.3, -0.25) is 19.1 Å². The lowest BCUT2D eigenvalue weighted by Crippen LogP contribution is -2.48. The number of carbonyl (C=O) groups is 3. The summed E-state index contributed by atoms with van der Waals surface area (Å²) >= 11 is 6.20. The molecule has 10 nitrogen and oxygen atoms in total. The number of ether oxygens (including phenoxy) is 1. The molecule has 0 aliphatic carbocycles. The van der Waals surface area contributed by atoms with Crippen molar-refractivity contribution in [2.24, 2.45) is 18.9 Å². The number of aliphatic hydroxyl groups excluding tert-OH is 1. The number of carboxylic acids is 1. The number of nitrogens with one attached hydrogen (secondary N) is 2. The van der Waals surface area contributed by atoms with Gasteiger partial charge in [-0.15, -0.1) is 0 Å². The number of aliphatic carboxylic acids is 1. The number of methoxy groups -OCH3 is 1. The summed E-state index contributed by atoms with van der Waals surface area (Å²) in [5, 5.41) is 29.2. The highest BCUT2D eigenvalue weighted by Gasteiger charge is 2.22. The molecule has 2 rings (SSSR count). The van der Waals surface area contributed by atoms with E-state index in [1.807, 2.05) is 32.2 Å². The third-order valence-corrected chi connectivity index (χ3v) is 6.27. The Bertz CT molecular complexity index is 1160. The molecule has 2 amide bonds. The van der Waals surface area contributed by atoms with Crippen LogP contribution in [0.4, 0.5) is 0 Å². The number of nitrogens with zero attached hydrogens (tertiary/aromatic N) is 2. The van der Waals surface area contributed by atoms with Crippen molar-refractivity contribution in [2.75, 3.05) is 13.7 Å². The van der Waals surface area contributed by atoms with Crippen molar-refractivity contribution in [2.45, 2.75) is 38.8 Å². The average molecular weight is 547 g/mol. The minimum Gasteiger partial charge on any atom is -0.495 e. The van der Waals surface area contributed by atoms with Crippen LogP contribution in [-0.2, 0) is 27.9 Å². The molecule has 1 aromatic heterocycles. The predicted octanol–water partition coefficient (Wildman–Crippen LogP) is 2.60. The molecule has 4 atom stereocenters. The first-order chi connectivity index (χ1) is 18.0. The molecule has 0 radical (unpaired) electrons. The number of halogens is 1. The van der Waals surface area contributed by atoms with E-state index in [-0.39, 0.29) is 25.3 Å². The van der Waals surface area contributed by atoms with Crippen LogP contribution < -0.4 is 15.4 Å². The highest BCUT2D eigenvalue weighted by molar-refractivity contribution is 6.32. The van der Waals surface area contributed by atoms with E-state index >= 15 is 0 Å². The van der Waals surface area contributed by atoms with E-state index in [9.17, 15) is 19.5 Å². The van der Waals surface area contributed by atoms with Crippen molar-refractivity contribution < 1.29 is 29.3 Å². The number of carbonyl (C=O) groups excluding carboxylic acids is 2. The molecule has 4 unspecified atom stereocenters. The van der Waals surface area contributed by atoms with Crippen LogP contribution in [0.25, 0.3) is 6.08 Å². The summed E-state index contributed by atoms with van der Waals surface area (Å²) < 4.78 is 6.87. The van der Waals surface area contributed by atoms with Gasteiger partial charge in [0.25, 0.3) is 0 Å². The molecule has 0 aliphatic heterocycles. The number of carboxylic acid groups (broad SMARTS) is 1. The second-order valence-corrected chi connectivity index (χ2v) is 9.43. The van der Waals surface area contributed by atoms with E-state index in [0.29, 0.717) is 16.3 Å². The first-order valence-electron chi connectivity index (χ1n) is 12.2. The summed E-state index contributed by atoms with van der Waals surface area (Å²) in [4.78, 5) is 36.5. The zero-order valence-corrected chi connectivity index (χ0v) is 22.7. The molecule has 2 aromatic rings. The summed E-state index contributed by atoms with van der Waals surface area (Å²) in [7, 11) is 3.31. The first kappa shape index (κ1) is 30.6. The van der Waals surface area contributed by atoms with Crippen molar-refractivity contribution in [3.63, 3.8) is 0 Å². The maximum atomic E-state index is 12.8. The Morgan fingerprint density at radius 3 is 2.58 bits per heavy atom. The fraction of sp³-hybridized carbons (Fsp3) is 0.407. The number of aryl methyl sites for hydroxylation is 1. The third kappa shape index (κ3) is 9.68. The maximum Gasteiger partial charge on any atom is 0.308 e. The topological polar surface area (TPSA) is 143 Å². The number of aliphatic hydroxyl groups is 1. The molecule has 0 spiro atoms. The molecule has 1 aromatic carbocycles. The highest BCUT2D eigenvalue weighted by atomic mass is 35.5. The molecule has 0 saturated heterocycles. The molecule has 206 valence electrons. The normalized spacial score (nSPS) is 14.7. The number of hydrogen-bond donors (Lipinski definition) is 4. The molecule has 0 fully saturated rings. The summed E-state index contributed by atoms with van der Waals surface area (Å²) in [6, 6.07) is 5.90. The molecule has 11 heteroatoms. The quantitative estimate of drug-likeness (QED) is 0.267. The molecule has 38 heavy (non-hydrogen) atoms. The second kappa shape index (κ2) is 14.9. The van der Waals surface area contributed by atoms with Gasteiger partial charge in [0.15, 0.2) is 0 Å². The van der Waals surface area contributed by atoms with Gasteiger partial charge in [-0.05, 0) is 42.3 Å². The third-order valence-electron chi connectivity index (χ3n) is 5.98. The minimum atomic E-state index is -1.04. The minimum absolute atomic E-state index is 0.0871. The molecular weight excluding hydrogens is 512 g/mol. The predicted molar refractivity (Wildman–Crippen MR) is 145 cm³/mol. The monoisotopic (exact) mass is 546 g/mol. The van der Waals surface area contributed by atoms with E-state index in [1.54, 1.807) is 35.2 Å². The lowest BCUT2D eigenvalue weighted by atomic mass is 10.0. The number of aromatic nitrogens is 2. The Balaban J connectivity index is 2.01. The van der Waals surface area contributed by atoms with Crippen molar-refractivity contribution in [3.05, 3.63) is 65.0 Å². The van der Waals surface area contributed by atoms with E-state index in [2.05, 4.69) is 15.7 Å². The molecule has 1 heterocycles. The lowest BCUT2D eigenvalue weighted by Gasteiger charge is -2.19. The van der Waals surface area contributed by atoms with Crippen LogP contribution in [0.2, 0.25) is 5.02 Å². The Hall–Kier alpha value is -3.63. The van der Waals surface area contributed by atoms with Crippen LogP contribution in [0, 0.1) is 11.8 Å². The van der Waals surface area contributed by atoms with Gasteiger partial charge < -0.3 is 25.6 Å². The van der Waals surface area contributed by atoms with E-state index in [1.165, 1.54) is 20.1 Å². The zero-order chi connectivity index (χ0) is 28.2. The lowest BCUT2D eigenvalue weighted by molar-refractivity contribution is -0.141. The van der Waals surface area contributed by atoms with Crippen LogP contribution in [0.3, 0.4) is 0 Å². The van der Waals surface area contributed by atoms with Crippen LogP contribution >= 0.6 is 11.6 Å². The number of benzene rings is 1. The smallest absolute Gasteiger partial charge is 0.308 e. The molecule has 0 saturated carbocycles. The molecular formula is C27H35ClN4O6. The molecule has 4 N–H and O–H groups in total. The highest BCUT2D eigenvalue weighted by Crippen LogP contribution is 2.25. The van der Waals surface area contributed by atoms with Crippen molar-refractivity contribution in [1.29, 1.82) is 0 Å². The summed E-state index contributed by atoms with van der Waals surface area (Å²) in [6.45, 7) is 3.25. The summed E-state index contributed by atoms with van der Waals surface area (Å²) in [6.07, 6.45) is 7.86. The van der Waals surface area contributed by atoms with E-state index in [0.717, 1.165) is 5.69 Å². The summed E-state index contributed by atoms with van der Waals surface area (Å²) in [5.41, 5.74) is 1.58. The average Bonchev–Trinajstić information content (AvgIpc) is 3.29. The van der Waals surface area contributed by atoms with Crippen LogP contribution in [0.1, 0.15) is 31.5 Å². The Labute approximate surface area is 227 Å². The number of amides is 2. The maximum absolute atomic E-state index is 12.8. The SMILES string of the molecule is COc1ccc(CC(NC(=O)/C=C/CC(O)C(C)/C=C/c2ccnn2C)C(=O)NCC(C)C(=O)O)cc1Cl. The Morgan fingerprint density at radius 1 is 1.24 bits per heavy atom. The van der Waals surface area contributed by atoms with Gasteiger partial charge in [0.1, 0.15) is 11.8 Å². The van der Waals surface area contributed by atoms with Crippen molar-refractivity contribution in [3.8, 4) is 5.75 Å². The van der Waals surface area contributed by atoms with Gasteiger partial charge in [-0.1, -0.05) is 43.7 Å². The van der Waals surface area contributed by atoms with Crippen LogP contribution in [0.5, 0.6) is 5.75 Å². The Morgan fingerprint density at radius 2 is 1.97 bits per heavy atom. The molecule has 0 bridgehead atoms. The van der Waals surface area contributed by atoms with E-state index < -0.39 is 35.8 Å². The van der Waals surface area contributed by atoms with Crippen molar-refractivity contribution in [1.82, 2.24) is 20.4 Å². The molecule has 0 aliphatic rings. The van der Waals surface area contributed by atoms with Gasteiger partial charge in [0.05, 0.1) is 29.8 Å². The number of hydrogen-bond acceptors (Lipinski definition) is 6. The summed E-state index contributed by atoms with van der Waals surface area (Å²) in [5.74, 6) is -2.59. The second-order valence-electron chi connectivity index (χ2n) is 9.02.